The molecule has 1 saturated carbocycles. The quantitative estimate of drug-likeness (QED) is 0.521. The van der Waals surface area contributed by atoms with Gasteiger partial charge in [-0.05, 0) is 37.0 Å². The predicted octanol–water partition coefficient (Wildman–Crippen LogP) is -0.151. The summed E-state index contributed by atoms with van der Waals surface area (Å²) >= 11 is 0. The van der Waals surface area contributed by atoms with Crippen molar-refractivity contribution in [3.8, 4) is 0 Å². The van der Waals surface area contributed by atoms with Crippen molar-refractivity contribution in [2.45, 2.75) is 38.3 Å². The van der Waals surface area contributed by atoms with E-state index in [2.05, 4.69) is 16.2 Å². The van der Waals surface area contributed by atoms with Crippen LogP contribution in [0, 0.1) is 0 Å². The van der Waals surface area contributed by atoms with Crippen LogP contribution in [0.5, 0.6) is 0 Å². The highest BCUT2D eigenvalue weighted by Crippen LogP contribution is 2.18. The van der Waals surface area contributed by atoms with E-state index in [1.807, 2.05) is 0 Å². The first-order chi connectivity index (χ1) is 12.0. The molecule has 0 unspecified atom stereocenters. The van der Waals surface area contributed by atoms with Crippen LogP contribution < -0.4 is 16.2 Å². The number of hydrogen-bond acceptors (Lipinski definition) is 4. The number of nitrogens with one attached hydrogen (secondary N) is 3. The van der Waals surface area contributed by atoms with Gasteiger partial charge in [-0.15, -0.1) is 0 Å². The molecule has 0 bridgehead atoms. The van der Waals surface area contributed by atoms with E-state index in [0.29, 0.717) is 18.5 Å². The number of carbonyl (C=O) groups excluding carboxylic acids is 4. The van der Waals surface area contributed by atoms with E-state index in [9.17, 15) is 19.2 Å². The van der Waals surface area contributed by atoms with Crippen molar-refractivity contribution in [1.29, 1.82) is 0 Å². The van der Waals surface area contributed by atoms with Gasteiger partial charge in [-0.25, -0.2) is 0 Å². The first-order valence-corrected chi connectivity index (χ1v) is 8.31. The Bertz CT molecular complexity index is 697. The number of hydrazine groups is 1. The van der Waals surface area contributed by atoms with Crippen LogP contribution in [0.25, 0.3) is 0 Å². The summed E-state index contributed by atoms with van der Waals surface area (Å²) in [5.41, 5.74) is 5.58. The maximum atomic E-state index is 12.0. The Labute approximate surface area is 144 Å². The molecule has 0 radical (unpaired) electrons. The summed E-state index contributed by atoms with van der Waals surface area (Å²) in [6, 6.07) is 6.83. The van der Waals surface area contributed by atoms with E-state index in [1.54, 1.807) is 29.2 Å². The Morgan fingerprint density at radius 2 is 1.76 bits per heavy atom. The minimum atomic E-state index is -0.899. The first kappa shape index (κ1) is 16.9. The maximum Gasteiger partial charge on any atom is 0.327 e. The third-order valence-corrected chi connectivity index (χ3v) is 4.17. The lowest BCUT2D eigenvalue weighted by Crippen LogP contribution is -2.48. The van der Waals surface area contributed by atoms with Gasteiger partial charge in [0.1, 0.15) is 0 Å². The molecule has 0 spiro atoms. The second-order valence-electron chi connectivity index (χ2n) is 6.27. The molecule has 2 fully saturated rings. The van der Waals surface area contributed by atoms with Crippen LogP contribution >= 0.6 is 0 Å². The van der Waals surface area contributed by atoms with Crippen molar-refractivity contribution >= 4 is 23.6 Å². The number of rotatable bonds is 4. The molecule has 8 heteroatoms. The SMILES string of the molecule is O=C(NNC(=O)c1ccc(CN2CCCC2=O)cc1)C(=O)NC1CC1. The lowest BCUT2D eigenvalue weighted by molar-refractivity contribution is -0.139. The molecule has 4 amide bonds. The lowest BCUT2D eigenvalue weighted by atomic mass is 10.1. The van der Waals surface area contributed by atoms with E-state index in [4.69, 9.17) is 0 Å². The third kappa shape index (κ3) is 4.56. The van der Waals surface area contributed by atoms with Crippen molar-refractivity contribution in [3.05, 3.63) is 35.4 Å². The molecule has 3 N–H and O–H groups in total. The van der Waals surface area contributed by atoms with Crippen LogP contribution in [0.4, 0.5) is 0 Å². The molecule has 1 saturated heterocycles. The van der Waals surface area contributed by atoms with Crippen LogP contribution in [0.15, 0.2) is 24.3 Å². The van der Waals surface area contributed by atoms with Gasteiger partial charge in [0.25, 0.3) is 5.91 Å². The number of nitrogens with zero attached hydrogens (tertiary/aromatic N) is 1. The predicted molar refractivity (Wildman–Crippen MR) is 87.9 cm³/mol. The standard InChI is InChI=1S/C17H20N4O4/c22-14-2-1-9-21(14)10-11-3-5-12(6-4-11)15(23)19-20-17(25)16(24)18-13-7-8-13/h3-6,13H,1-2,7-10H2,(H,18,24)(H,19,23)(H,20,25). The fourth-order valence-corrected chi connectivity index (χ4v) is 2.57. The number of carbonyl (C=O) groups is 4. The van der Waals surface area contributed by atoms with E-state index in [1.165, 1.54) is 0 Å². The smallest absolute Gasteiger partial charge is 0.327 e. The van der Waals surface area contributed by atoms with Gasteiger partial charge in [-0.3, -0.25) is 30.0 Å². The summed E-state index contributed by atoms with van der Waals surface area (Å²) < 4.78 is 0. The summed E-state index contributed by atoms with van der Waals surface area (Å²) in [6.07, 6.45) is 3.23. The molecule has 0 aromatic heterocycles. The number of likely N-dealkylation sites (tertiary alicyclic amines) is 1. The van der Waals surface area contributed by atoms with E-state index in [0.717, 1.165) is 31.4 Å². The monoisotopic (exact) mass is 344 g/mol. The largest absolute Gasteiger partial charge is 0.345 e. The molecule has 1 heterocycles. The maximum absolute atomic E-state index is 12.0. The summed E-state index contributed by atoms with van der Waals surface area (Å²) in [6.45, 7) is 1.29. The first-order valence-electron chi connectivity index (χ1n) is 8.31. The Hall–Kier alpha value is -2.90. The molecule has 0 atom stereocenters. The highest BCUT2D eigenvalue weighted by Gasteiger charge is 2.26. The average Bonchev–Trinajstić information content (AvgIpc) is 3.34. The minimum absolute atomic E-state index is 0.0731. The third-order valence-electron chi connectivity index (χ3n) is 4.17. The fourth-order valence-electron chi connectivity index (χ4n) is 2.57. The number of amides is 4. The van der Waals surface area contributed by atoms with Gasteiger partial charge >= 0.3 is 11.8 Å². The summed E-state index contributed by atoms with van der Waals surface area (Å²) in [4.78, 5) is 48.4. The summed E-state index contributed by atoms with van der Waals surface area (Å²) in [7, 11) is 0. The van der Waals surface area contributed by atoms with E-state index < -0.39 is 17.7 Å². The van der Waals surface area contributed by atoms with Crippen molar-refractivity contribution in [2.24, 2.45) is 0 Å². The minimum Gasteiger partial charge on any atom is -0.345 e. The average molecular weight is 344 g/mol. The Kier molecular flexibility index (Phi) is 4.97. The molecular weight excluding hydrogens is 324 g/mol. The zero-order valence-corrected chi connectivity index (χ0v) is 13.7. The second-order valence-corrected chi connectivity index (χ2v) is 6.27. The van der Waals surface area contributed by atoms with Crippen LogP contribution in [0.1, 0.15) is 41.6 Å². The molecule has 2 aliphatic rings. The molecule has 8 nitrogen and oxygen atoms in total. The fraction of sp³-hybridized carbons (Fsp3) is 0.412. The molecule has 1 aliphatic heterocycles. The van der Waals surface area contributed by atoms with Crippen molar-refractivity contribution in [3.63, 3.8) is 0 Å². The van der Waals surface area contributed by atoms with Crippen molar-refractivity contribution in [2.75, 3.05) is 6.54 Å². The molecule has 1 aromatic rings. The molecule has 132 valence electrons. The normalized spacial score (nSPS) is 16.5. The number of hydrogen-bond donors (Lipinski definition) is 3. The van der Waals surface area contributed by atoms with Crippen LogP contribution in [0.2, 0.25) is 0 Å². The summed E-state index contributed by atoms with van der Waals surface area (Å²) in [5.74, 6) is -2.02. The van der Waals surface area contributed by atoms with Gasteiger partial charge in [0, 0.05) is 31.1 Å². The van der Waals surface area contributed by atoms with Crippen molar-refractivity contribution < 1.29 is 19.2 Å². The van der Waals surface area contributed by atoms with Crippen LogP contribution in [-0.2, 0) is 20.9 Å². The second kappa shape index (κ2) is 7.33. The Morgan fingerprint density at radius 3 is 2.36 bits per heavy atom. The molecule has 1 aliphatic carbocycles. The Morgan fingerprint density at radius 1 is 1.04 bits per heavy atom. The van der Waals surface area contributed by atoms with Gasteiger partial charge in [0.15, 0.2) is 0 Å². The van der Waals surface area contributed by atoms with Gasteiger partial charge in [-0.2, -0.15) is 0 Å². The summed E-state index contributed by atoms with van der Waals surface area (Å²) in [5, 5.41) is 2.53. The van der Waals surface area contributed by atoms with E-state index >= 15 is 0 Å². The van der Waals surface area contributed by atoms with Gasteiger partial charge in [0.2, 0.25) is 5.91 Å². The zero-order chi connectivity index (χ0) is 17.8. The molecular formula is C17H20N4O4. The highest BCUT2D eigenvalue weighted by atomic mass is 16.2. The topological polar surface area (TPSA) is 108 Å². The Balaban J connectivity index is 1.47. The van der Waals surface area contributed by atoms with Crippen LogP contribution in [0.3, 0.4) is 0 Å². The van der Waals surface area contributed by atoms with Gasteiger partial charge < -0.3 is 10.2 Å². The number of benzene rings is 1. The van der Waals surface area contributed by atoms with Gasteiger partial charge in [0.05, 0.1) is 0 Å². The molecule has 3 rings (SSSR count). The van der Waals surface area contributed by atoms with Crippen LogP contribution in [-0.4, -0.2) is 41.1 Å². The van der Waals surface area contributed by atoms with E-state index in [-0.39, 0.29) is 11.9 Å². The molecule has 1 aromatic carbocycles. The molecule has 25 heavy (non-hydrogen) atoms. The highest BCUT2D eigenvalue weighted by molar-refractivity contribution is 6.35. The van der Waals surface area contributed by atoms with Crippen molar-refractivity contribution in [1.82, 2.24) is 21.1 Å². The lowest BCUT2D eigenvalue weighted by Gasteiger charge is -2.15. The zero-order valence-electron chi connectivity index (χ0n) is 13.7. The van der Waals surface area contributed by atoms with Gasteiger partial charge in [-0.1, -0.05) is 12.1 Å².